The number of anilines is 1. The average Bonchev–Trinajstić information content (AvgIpc) is 3.45. The Balaban J connectivity index is 1.36. The molecule has 2 radical (unpaired) electrons. The Kier molecular flexibility index (Phi) is 5.16. The summed E-state index contributed by atoms with van der Waals surface area (Å²) < 4.78 is 12.0. The molecule has 1 N–H and O–H groups in total. The summed E-state index contributed by atoms with van der Waals surface area (Å²) in [5, 5.41) is 3.61. The summed E-state index contributed by atoms with van der Waals surface area (Å²) >= 11 is -0.858. The van der Waals surface area contributed by atoms with E-state index in [1.807, 2.05) is 6.20 Å². The van der Waals surface area contributed by atoms with Crippen LogP contribution in [0, 0.1) is 5.92 Å². The van der Waals surface area contributed by atoms with Crippen LogP contribution in [-0.2, 0) is 11.3 Å². The van der Waals surface area contributed by atoms with Crippen molar-refractivity contribution in [2.75, 3.05) is 37.7 Å². The Morgan fingerprint density at radius 2 is 2.04 bits per heavy atom. The molecule has 0 atom stereocenters. The van der Waals surface area contributed by atoms with E-state index in [2.05, 4.69) is 45.5 Å². The molecule has 0 spiro atoms. The van der Waals surface area contributed by atoms with Gasteiger partial charge >= 0.3 is 171 Å². The number of benzene rings is 1. The summed E-state index contributed by atoms with van der Waals surface area (Å²) in [4.78, 5) is 6.90. The van der Waals surface area contributed by atoms with E-state index in [0.29, 0.717) is 0 Å². The van der Waals surface area contributed by atoms with Gasteiger partial charge in [-0.2, -0.15) is 0 Å². The first kappa shape index (κ1) is 17.6. The minimum absolute atomic E-state index is 0.779. The second-order valence-electron chi connectivity index (χ2n) is 7.53. The number of hydrogen-bond donors (Lipinski definition) is 1. The van der Waals surface area contributed by atoms with Gasteiger partial charge in [0.2, 0.25) is 0 Å². The maximum atomic E-state index is 5.47. The van der Waals surface area contributed by atoms with Crippen molar-refractivity contribution in [3.05, 3.63) is 53.2 Å². The van der Waals surface area contributed by atoms with E-state index in [1.165, 1.54) is 38.8 Å². The zero-order valence-electron chi connectivity index (χ0n) is 15.4. The van der Waals surface area contributed by atoms with E-state index >= 15 is 0 Å². The van der Waals surface area contributed by atoms with Crippen LogP contribution in [0.5, 0.6) is 0 Å². The molecule has 5 rings (SSSR count). The molecule has 1 aromatic carbocycles. The second kappa shape index (κ2) is 7.89. The number of ether oxygens (including phenoxy) is 1. The molecule has 2 aromatic rings. The molecule has 1 saturated carbocycles. The quantitative estimate of drug-likeness (QED) is 0.655. The van der Waals surface area contributed by atoms with Crippen molar-refractivity contribution in [2.45, 2.75) is 19.4 Å². The fraction of sp³-hybridized carbons (Fsp3) is 0.429. The summed E-state index contributed by atoms with van der Waals surface area (Å²) in [7, 11) is 0. The molecule has 3 aliphatic rings. The maximum absolute atomic E-state index is 5.47. The van der Waals surface area contributed by atoms with Gasteiger partial charge in [-0.05, 0) is 0 Å². The number of morpholine rings is 1. The number of nitrogens with zero attached hydrogens (tertiary/aromatic N) is 3. The van der Waals surface area contributed by atoms with Crippen LogP contribution in [-0.4, -0.2) is 65.0 Å². The second-order valence-corrected chi connectivity index (χ2v) is 10.3. The van der Waals surface area contributed by atoms with Crippen LogP contribution in [0.25, 0.3) is 0 Å². The number of fused-ring (bicyclic) bond motifs is 1. The molecule has 6 heteroatoms. The third kappa shape index (κ3) is 4.05. The molecule has 5 nitrogen and oxygen atoms in total. The van der Waals surface area contributed by atoms with Gasteiger partial charge in [-0.3, -0.25) is 0 Å². The van der Waals surface area contributed by atoms with Gasteiger partial charge in [0.05, 0.1) is 0 Å². The number of nitrogens with one attached hydrogen (secondary N) is 1. The molecule has 0 bridgehead atoms. The molecule has 138 valence electrons. The van der Waals surface area contributed by atoms with Crippen molar-refractivity contribution in [1.29, 1.82) is 0 Å². The van der Waals surface area contributed by atoms with E-state index in [-0.39, 0.29) is 0 Å². The van der Waals surface area contributed by atoms with E-state index in [1.54, 1.807) is 0 Å². The third-order valence-electron chi connectivity index (χ3n) is 5.44. The van der Waals surface area contributed by atoms with Crippen molar-refractivity contribution >= 4 is 36.5 Å². The molecule has 0 amide bonds. The SMILES string of the molecule is c1cc(C2=[N][Sn][c]3ccc(CNCC4CC4)cc32)cc(N2CCOCC2)n1. The molecule has 1 aromatic heterocycles. The third-order valence-corrected chi connectivity index (χ3v) is 8.33. The van der Waals surface area contributed by atoms with Crippen molar-refractivity contribution < 1.29 is 4.74 Å². The van der Waals surface area contributed by atoms with E-state index in [0.717, 1.165) is 51.1 Å². The predicted octanol–water partition coefficient (Wildman–Crippen LogP) is 1.51. The van der Waals surface area contributed by atoms with Crippen LogP contribution in [0.4, 0.5) is 5.82 Å². The van der Waals surface area contributed by atoms with Crippen LogP contribution in [0.2, 0.25) is 0 Å². The Morgan fingerprint density at radius 1 is 1.15 bits per heavy atom. The molecular weight excluding hydrogens is 443 g/mol. The van der Waals surface area contributed by atoms with Crippen LogP contribution < -0.4 is 13.8 Å². The summed E-state index contributed by atoms with van der Waals surface area (Å²) in [6.07, 6.45) is 4.72. The van der Waals surface area contributed by atoms with Crippen molar-refractivity contribution in [1.82, 2.24) is 10.3 Å². The van der Waals surface area contributed by atoms with Crippen molar-refractivity contribution in [2.24, 2.45) is 9.13 Å². The first-order valence-corrected chi connectivity index (χ1v) is 12.5. The van der Waals surface area contributed by atoms with Crippen LogP contribution in [0.15, 0.2) is 39.7 Å². The Bertz CT molecular complexity index is 859. The van der Waals surface area contributed by atoms with E-state index in [4.69, 9.17) is 7.95 Å². The van der Waals surface area contributed by atoms with Crippen LogP contribution in [0.3, 0.4) is 0 Å². The van der Waals surface area contributed by atoms with Gasteiger partial charge in [0.1, 0.15) is 0 Å². The topological polar surface area (TPSA) is 49.8 Å². The number of pyridine rings is 1. The Hall–Kier alpha value is -1.44. The van der Waals surface area contributed by atoms with Crippen molar-refractivity contribution in [3.63, 3.8) is 0 Å². The van der Waals surface area contributed by atoms with Gasteiger partial charge in [0.25, 0.3) is 0 Å². The Morgan fingerprint density at radius 3 is 2.89 bits per heavy atom. The van der Waals surface area contributed by atoms with E-state index < -0.39 is 21.4 Å². The van der Waals surface area contributed by atoms with Crippen LogP contribution >= 0.6 is 0 Å². The molecule has 0 unspecified atom stereocenters. The monoisotopic (exact) mass is 468 g/mol. The fourth-order valence-electron chi connectivity index (χ4n) is 3.66. The zero-order chi connectivity index (χ0) is 18.1. The normalized spacial score (nSPS) is 19.1. The van der Waals surface area contributed by atoms with Gasteiger partial charge in [-0.15, -0.1) is 0 Å². The summed E-state index contributed by atoms with van der Waals surface area (Å²) in [5.41, 5.74) is 5.10. The Labute approximate surface area is 170 Å². The van der Waals surface area contributed by atoms with Gasteiger partial charge < -0.3 is 0 Å². The van der Waals surface area contributed by atoms with Gasteiger partial charge in [0.15, 0.2) is 0 Å². The summed E-state index contributed by atoms with van der Waals surface area (Å²) in [5.74, 6) is 1.96. The van der Waals surface area contributed by atoms with Gasteiger partial charge in [-0.1, -0.05) is 0 Å². The van der Waals surface area contributed by atoms with Crippen LogP contribution in [0.1, 0.15) is 29.5 Å². The van der Waals surface area contributed by atoms with E-state index in [9.17, 15) is 0 Å². The molecule has 1 aliphatic carbocycles. The van der Waals surface area contributed by atoms with Crippen molar-refractivity contribution in [3.8, 4) is 0 Å². The van der Waals surface area contributed by atoms with Gasteiger partial charge in [0, 0.05) is 0 Å². The zero-order valence-corrected chi connectivity index (χ0v) is 18.3. The van der Waals surface area contributed by atoms with Gasteiger partial charge in [-0.25, -0.2) is 0 Å². The standard InChI is InChI=1S/C21H24N4O.Sn/c22-21(18-3-1-2-17(12-18)15-23-14-16-4-5-16)19-6-7-24-20(13-19)25-8-10-26-11-9-25;/h1-2,6-7,12-13,16,23H,4-5,8-11,14-15H2;/q-1;+1. The number of rotatable bonds is 6. The first-order valence-electron chi connectivity index (χ1n) is 9.84. The first-order chi connectivity index (χ1) is 13.4. The minimum atomic E-state index is -0.858. The molecule has 27 heavy (non-hydrogen) atoms. The molecule has 1 saturated heterocycles. The molecule has 2 fully saturated rings. The molecular formula is C21H24N4OSn. The number of aromatic nitrogens is 1. The molecule has 2 aliphatic heterocycles. The molecule has 3 heterocycles. The predicted molar refractivity (Wildman–Crippen MR) is 109 cm³/mol. The summed E-state index contributed by atoms with van der Waals surface area (Å²) in [6, 6.07) is 11.3. The number of hydrogen-bond acceptors (Lipinski definition) is 5. The fourth-order valence-corrected chi connectivity index (χ4v) is 6.38. The average molecular weight is 467 g/mol. The summed E-state index contributed by atoms with van der Waals surface area (Å²) in [6.45, 7) is 5.49.